The first-order chi connectivity index (χ1) is 8.59. The maximum atomic E-state index is 13.0. The van der Waals surface area contributed by atoms with Gasteiger partial charge in [-0.05, 0) is 42.8 Å². The number of nitrogens with zero attached hydrogens (tertiary/aromatic N) is 2. The highest BCUT2D eigenvalue weighted by Crippen LogP contribution is 2.17. The molecule has 1 heterocycles. The number of aromatic nitrogens is 1. The Kier molecular flexibility index (Phi) is 3.37. The molecule has 0 aliphatic rings. The van der Waals surface area contributed by atoms with Crippen molar-refractivity contribution < 1.29 is 9.18 Å². The highest BCUT2D eigenvalue weighted by molar-refractivity contribution is 6.06. The van der Waals surface area contributed by atoms with Crippen molar-refractivity contribution >= 4 is 11.6 Å². The first-order valence-corrected chi connectivity index (χ1v) is 5.54. The maximum absolute atomic E-state index is 13.0. The summed E-state index contributed by atoms with van der Waals surface area (Å²) in [6.07, 6.45) is 3.25. The van der Waals surface area contributed by atoms with Crippen molar-refractivity contribution in [1.29, 1.82) is 0 Å². The van der Waals surface area contributed by atoms with Crippen molar-refractivity contribution in [3.63, 3.8) is 0 Å². The molecule has 0 unspecified atom stereocenters. The fraction of sp³-hybridized carbons (Fsp3) is 0.143. The van der Waals surface area contributed by atoms with Crippen LogP contribution in [0.15, 0.2) is 42.7 Å². The molecule has 92 valence electrons. The van der Waals surface area contributed by atoms with Gasteiger partial charge in [0.25, 0.3) is 5.91 Å². The van der Waals surface area contributed by atoms with Gasteiger partial charge in [-0.25, -0.2) is 4.39 Å². The summed E-state index contributed by atoms with van der Waals surface area (Å²) in [5, 5.41) is 0. The lowest BCUT2D eigenvalue weighted by atomic mass is 10.1. The number of amides is 1. The summed E-state index contributed by atoms with van der Waals surface area (Å²) in [5.74, 6) is -0.520. The SMILES string of the molecule is Cc1cc(F)ccc1C(=O)N(C)c1cccnc1. The summed E-state index contributed by atoms with van der Waals surface area (Å²) in [6.45, 7) is 1.72. The molecule has 0 saturated carbocycles. The number of aryl methyl sites for hydroxylation is 1. The van der Waals surface area contributed by atoms with Crippen LogP contribution in [0.3, 0.4) is 0 Å². The van der Waals surface area contributed by atoms with E-state index in [0.717, 1.165) is 0 Å². The third-order valence-electron chi connectivity index (χ3n) is 2.76. The van der Waals surface area contributed by atoms with Crippen LogP contribution in [0.1, 0.15) is 15.9 Å². The van der Waals surface area contributed by atoms with Crippen molar-refractivity contribution in [1.82, 2.24) is 4.98 Å². The fourth-order valence-corrected chi connectivity index (χ4v) is 1.72. The van der Waals surface area contributed by atoms with Crippen LogP contribution in [0.5, 0.6) is 0 Å². The molecule has 0 atom stereocenters. The van der Waals surface area contributed by atoms with E-state index in [1.807, 2.05) is 0 Å². The fourth-order valence-electron chi connectivity index (χ4n) is 1.72. The summed E-state index contributed by atoms with van der Waals surface area (Å²) >= 11 is 0. The van der Waals surface area contributed by atoms with Gasteiger partial charge in [-0.2, -0.15) is 0 Å². The van der Waals surface area contributed by atoms with Gasteiger partial charge in [-0.15, -0.1) is 0 Å². The second-order valence-corrected chi connectivity index (χ2v) is 4.03. The van der Waals surface area contributed by atoms with E-state index in [2.05, 4.69) is 4.98 Å². The number of pyridine rings is 1. The van der Waals surface area contributed by atoms with Crippen LogP contribution >= 0.6 is 0 Å². The van der Waals surface area contributed by atoms with E-state index in [-0.39, 0.29) is 11.7 Å². The molecule has 2 rings (SSSR count). The van der Waals surface area contributed by atoms with Gasteiger partial charge in [0.2, 0.25) is 0 Å². The molecule has 3 nitrogen and oxygen atoms in total. The zero-order valence-corrected chi connectivity index (χ0v) is 10.2. The lowest BCUT2D eigenvalue weighted by Gasteiger charge is -2.17. The van der Waals surface area contributed by atoms with Crippen molar-refractivity contribution in [2.45, 2.75) is 6.92 Å². The average molecular weight is 244 g/mol. The maximum Gasteiger partial charge on any atom is 0.258 e. The minimum absolute atomic E-state index is 0.180. The van der Waals surface area contributed by atoms with Crippen LogP contribution in [-0.4, -0.2) is 17.9 Å². The molecule has 1 amide bonds. The quantitative estimate of drug-likeness (QED) is 0.813. The Hall–Kier alpha value is -2.23. The molecule has 0 radical (unpaired) electrons. The van der Waals surface area contributed by atoms with E-state index in [1.165, 1.54) is 23.1 Å². The highest BCUT2D eigenvalue weighted by atomic mass is 19.1. The Morgan fingerprint density at radius 1 is 1.33 bits per heavy atom. The molecule has 0 bridgehead atoms. The summed E-state index contributed by atoms with van der Waals surface area (Å²) in [5.41, 5.74) is 1.81. The normalized spacial score (nSPS) is 10.2. The molecule has 0 fully saturated rings. The largest absolute Gasteiger partial charge is 0.310 e. The number of carbonyl (C=O) groups excluding carboxylic acids is 1. The minimum Gasteiger partial charge on any atom is -0.310 e. The van der Waals surface area contributed by atoms with Gasteiger partial charge in [-0.1, -0.05) is 0 Å². The average Bonchev–Trinajstić information content (AvgIpc) is 2.38. The molecule has 18 heavy (non-hydrogen) atoms. The number of rotatable bonds is 2. The molecule has 0 saturated heterocycles. The summed E-state index contributed by atoms with van der Waals surface area (Å²) in [7, 11) is 1.67. The monoisotopic (exact) mass is 244 g/mol. The molecule has 0 spiro atoms. The highest BCUT2D eigenvalue weighted by Gasteiger charge is 2.15. The van der Waals surface area contributed by atoms with E-state index in [4.69, 9.17) is 0 Å². The molecule has 0 aliphatic heterocycles. The van der Waals surface area contributed by atoms with Crippen molar-refractivity contribution in [3.8, 4) is 0 Å². The molecule has 0 aliphatic carbocycles. The Balaban J connectivity index is 2.32. The third kappa shape index (κ3) is 2.37. The van der Waals surface area contributed by atoms with Crippen LogP contribution in [-0.2, 0) is 0 Å². The number of halogens is 1. The van der Waals surface area contributed by atoms with Crippen LogP contribution in [0.25, 0.3) is 0 Å². The van der Waals surface area contributed by atoms with E-state index < -0.39 is 0 Å². The Morgan fingerprint density at radius 3 is 2.72 bits per heavy atom. The Morgan fingerprint density at radius 2 is 2.11 bits per heavy atom. The molecule has 4 heteroatoms. The van der Waals surface area contributed by atoms with Gasteiger partial charge < -0.3 is 4.90 Å². The first kappa shape index (κ1) is 12.2. The molecule has 1 aromatic carbocycles. The van der Waals surface area contributed by atoms with Crippen LogP contribution < -0.4 is 4.90 Å². The topological polar surface area (TPSA) is 33.2 Å². The van der Waals surface area contributed by atoms with E-state index in [1.54, 1.807) is 38.5 Å². The first-order valence-electron chi connectivity index (χ1n) is 5.54. The standard InChI is InChI=1S/C14H13FN2O/c1-10-8-11(15)5-6-13(10)14(18)17(2)12-4-3-7-16-9-12/h3-9H,1-2H3. The third-order valence-corrected chi connectivity index (χ3v) is 2.76. The van der Waals surface area contributed by atoms with Crippen molar-refractivity contribution in [2.75, 3.05) is 11.9 Å². The second kappa shape index (κ2) is 4.96. The van der Waals surface area contributed by atoms with E-state index >= 15 is 0 Å². The van der Waals surface area contributed by atoms with Gasteiger partial charge in [0.15, 0.2) is 0 Å². The number of hydrogen-bond donors (Lipinski definition) is 0. The van der Waals surface area contributed by atoms with Gasteiger partial charge in [-0.3, -0.25) is 9.78 Å². The predicted molar refractivity (Wildman–Crippen MR) is 68.1 cm³/mol. The Labute approximate surface area is 105 Å². The van der Waals surface area contributed by atoms with Gasteiger partial charge in [0.1, 0.15) is 5.82 Å². The molecular weight excluding hydrogens is 231 g/mol. The second-order valence-electron chi connectivity index (χ2n) is 4.03. The van der Waals surface area contributed by atoms with Crippen molar-refractivity contribution in [3.05, 3.63) is 59.7 Å². The lowest BCUT2D eigenvalue weighted by Crippen LogP contribution is -2.27. The number of hydrogen-bond acceptors (Lipinski definition) is 2. The number of benzene rings is 1. The van der Waals surface area contributed by atoms with Crippen molar-refractivity contribution in [2.24, 2.45) is 0 Å². The zero-order chi connectivity index (χ0) is 13.1. The minimum atomic E-state index is -0.340. The smallest absolute Gasteiger partial charge is 0.258 e. The van der Waals surface area contributed by atoms with E-state index in [0.29, 0.717) is 16.8 Å². The summed E-state index contributed by atoms with van der Waals surface area (Å²) in [6, 6.07) is 7.70. The molecular formula is C14H13FN2O. The van der Waals surface area contributed by atoms with Crippen LogP contribution in [0.4, 0.5) is 10.1 Å². The van der Waals surface area contributed by atoms with E-state index in [9.17, 15) is 9.18 Å². The van der Waals surface area contributed by atoms with Gasteiger partial charge >= 0.3 is 0 Å². The lowest BCUT2D eigenvalue weighted by molar-refractivity contribution is 0.0992. The van der Waals surface area contributed by atoms with Crippen LogP contribution in [0.2, 0.25) is 0 Å². The van der Waals surface area contributed by atoms with Gasteiger partial charge in [0, 0.05) is 18.8 Å². The van der Waals surface area contributed by atoms with Crippen LogP contribution in [0, 0.1) is 12.7 Å². The number of carbonyl (C=O) groups is 1. The summed E-state index contributed by atoms with van der Waals surface area (Å²) < 4.78 is 13.0. The summed E-state index contributed by atoms with van der Waals surface area (Å²) in [4.78, 5) is 17.7. The Bertz CT molecular complexity index is 569. The predicted octanol–water partition coefficient (Wildman–Crippen LogP) is 2.81. The number of anilines is 1. The zero-order valence-electron chi connectivity index (χ0n) is 10.2. The molecule has 2 aromatic rings. The molecule has 1 aromatic heterocycles. The molecule has 0 N–H and O–H groups in total. The van der Waals surface area contributed by atoms with Gasteiger partial charge in [0.05, 0.1) is 11.9 Å².